The SMILES string of the molecule is Cc1ccc2ccc3c(c2n1)NC(C)(C(=O)O)C=C3.Cc1ccc2ccc3c(c2n1)NC(C)(C(=O)O)C=C3.[Cu].[Cu]. The van der Waals surface area contributed by atoms with Crippen molar-refractivity contribution < 1.29 is 53.9 Å². The quantitative estimate of drug-likeness (QED) is 0.209. The molecule has 2 aliphatic heterocycles. The number of fused-ring (bicyclic) bond motifs is 6. The maximum Gasteiger partial charge on any atom is 0.333 e. The Labute approximate surface area is 252 Å². The van der Waals surface area contributed by atoms with Crippen molar-refractivity contribution in [1.29, 1.82) is 0 Å². The topological polar surface area (TPSA) is 124 Å². The third kappa shape index (κ3) is 5.62. The number of carboxylic acids is 2. The van der Waals surface area contributed by atoms with E-state index in [1.165, 1.54) is 0 Å². The predicted molar refractivity (Wildman–Crippen MR) is 150 cm³/mol. The fourth-order valence-electron chi connectivity index (χ4n) is 4.51. The summed E-state index contributed by atoms with van der Waals surface area (Å²) in [4.78, 5) is 31.8. The number of carboxylic acid groups (broad SMARTS) is 2. The van der Waals surface area contributed by atoms with E-state index in [-0.39, 0.29) is 34.1 Å². The predicted octanol–water partition coefficient (Wildman–Crippen LogP) is 5.65. The number of hydrogen-bond acceptors (Lipinski definition) is 6. The molecule has 0 spiro atoms. The summed E-state index contributed by atoms with van der Waals surface area (Å²) in [5, 5.41) is 26.8. The van der Waals surface area contributed by atoms with E-state index in [0.717, 1.165) is 55.7 Å². The van der Waals surface area contributed by atoms with Gasteiger partial charge in [0, 0.05) is 56.3 Å². The summed E-state index contributed by atoms with van der Waals surface area (Å²) in [7, 11) is 0. The van der Waals surface area contributed by atoms with Gasteiger partial charge in [-0.1, -0.05) is 48.6 Å². The van der Waals surface area contributed by atoms with Gasteiger partial charge in [0.05, 0.1) is 22.4 Å². The van der Waals surface area contributed by atoms with Gasteiger partial charge in [0.2, 0.25) is 0 Å². The van der Waals surface area contributed by atoms with Gasteiger partial charge in [0.15, 0.2) is 11.1 Å². The van der Waals surface area contributed by atoms with Gasteiger partial charge in [0.25, 0.3) is 0 Å². The van der Waals surface area contributed by atoms with Crippen LogP contribution < -0.4 is 10.6 Å². The van der Waals surface area contributed by atoms with Crippen LogP contribution in [0, 0.1) is 13.8 Å². The van der Waals surface area contributed by atoms with Crippen LogP contribution in [0.15, 0.2) is 60.7 Å². The largest absolute Gasteiger partial charge is 0.479 e. The number of benzene rings is 2. The van der Waals surface area contributed by atoms with Crippen LogP contribution in [0.2, 0.25) is 0 Å². The first-order valence-corrected chi connectivity index (χ1v) is 12.2. The van der Waals surface area contributed by atoms with Gasteiger partial charge < -0.3 is 20.8 Å². The number of hydrogen-bond donors (Lipinski definition) is 4. The minimum Gasteiger partial charge on any atom is -0.479 e. The molecule has 2 radical (unpaired) electrons. The van der Waals surface area contributed by atoms with E-state index in [4.69, 9.17) is 0 Å². The van der Waals surface area contributed by atoms with Crippen molar-refractivity contribution in [2.45, 2.75) is 38.8 Å². The molecule has 8 nitrogen and oxygen atoms in total. The van der Waals surface area contributed by atoms with Gasteiger partial charge in [-0.15, -0.1) is 0 Å². The minimum absolute atomic E-state index is 0. The molecule has 214 valence electrons. The van der Waals surface area contributed by atoms with Crippen LogP contribution in [0.25, 0.3) is 34.0 Å². The standard InChI is InChI=1S/2C15H14N2O2.2Cu/c2*1-9-3-4-10-5-6-11-7-8-15(2,14(18)19)17-13(11)12(10)16-9;;/h2*3-8,17H,1-2H3,(H,18,19);;. The second kappa shape index (κ2) is 11.4. The second-order valence-corrected chi connectivity index (χ2v) is 10.0. The fourth-order valence-corrected chi connectivity index (χ4v) is 4.51. The molecular weight excluding hydrogens is 607 g/mol. The van der Waals surface area contributed by atoms with Gasteiger partial charge >= 0.3 is 11.9 Å². The first-order valence-electron chi connectivity index (χ1n) is 12.2. The molecular formula is C30H28Cu2N4O4. The average Bonchev–Trinajstić information content (AvgIpc) is 2.89. The summed E-state index contributed by atoms with van der Waals surface area (Å²) in [5.41, 5.74) is 4.77. The molecule has 0 saturated carbocycles. The number of rotatable bonds is 2. The molecule has 2 unspecified atom stereocenters. The Morgan fingerprint density at radius 1 is 0.650 bits per heavy atom. The molecule has 0 saturated heterocycles. The molecule has 2 aromatic heterocycles. The Kier molecular flexibility index (Phi) is 8.82. The average molecular weight is 636 g/mol. The zero-order chi connectivity index (χ0) is 27.2. The van der Waals surface area contributed by atoms with Crippen molar-refractivity contribution in [2.75, 3.05) is 10.6 Å². The smallest absolute Gasteiger partial charge is 0.333 e. The van der Waals surface area contributed by atoms with Crippen LogP contribution in [0.5, 0.6) is 0 Å². The first kappa shape index (κ1) is 30.9. The van der Waals surface area contributed by atoms with E-state index in [1.54, 1.807) is 26.0 Å². The Balaban J connectivity index is 0.000000210. The molecule has 2 atom stereocenters. The second-order valence-electron chi connectivity index (χ2n) is 10.0. The molecule has 4 aromatic rings. The number of nitrogens with one attached hydrogen (secondary N) is 2. The van der Waals surface area contributed by atoms with Crippen LogP contribution in [-0.4, -0.2) is 43.2 Å². The van der Waals surface area contributed by atoms with E-state index >= 15 is 0 Å². The fraction of sp³-hybridized carbons (Fsp3) is 0.200. The van der Waals surface area contributed by atoms with Crippen LogP contribution in [0.4, 0.5) is 11.4 Å². The van der Waals surface area contributed by atoms with Crippen LogP contribution >= 0.6 is 0 Å². The van der Waals surface area contributed by atoms with E-state index in [0.29, 0.717) is 0 Å². The number of anilines is 2. The molecule has 0 aliphatic carbocycles. The van der Waals surface area contributed by atoms with Crippen molar-refractivity contribution in [1.82, 2.24) is 9.97 Å². The van der Waals surface area contributed by atoms with Gasteiger partial charge in [0.1, 0.15) is 0 Å². The maximum absolute atomic E-state index is 11.4. The van der Waals surface area contributed by atoms with Gasteiger partial charge in [-0.3, -0.25) is 9.97 Å². The Morgan fingerprint density at radius 3 is 1.35 bits per heavy atom. The maximum atomic E-state index is 11.4. The summed E-state index contributed by atoms with van der Waals surface area (Å²) >= 11 is 0. The van der Waals surface area contributed by atoms with Crippen LogP contribution in [0.1, 0.15) is 36.4 Å². The van der Waals surface area contributed by atoms with Crippen molar-refractivity contribution in [3.8, 4) is 0 Å². The summed E-state index contributed by atoms with van der Waals surface area (Å²) in [6.07, 6.45) is 7.01. The zero-order valence-corrected chi connectivity index (χ0v) is 24.0. The molecule has 0 amide bonds. The van der Waals surface area contributed by atoms with Crippen LogP contribution in [-0.2, 0) is 43.7 Å². The number of pyridine rings is 2. The van der Waals surface area contributed by atoms with E-state index in [1.807, 2.05) is 74.5 Å². The zero-order valence-electron chi connectivity index (χ0n) is 22.1. The van der Waals surface area contributed by atoms with E-state index in [2.05, 4.69) is 20.6 Å². The van der Waals surface area contributed by atoms with E-state index in [9.17, 15) is 19.8 Å². The molecule has 2 aromatic carbocycles. The van der Waals surface area contributed by atoms with Crippen molar-refractivity contribution in [2.24, 2.45) is 0 Å². The summed E-state index contributed by atoms with van der Waals surface area (Å²) in [5.74, 6) is -1.81. The monoisotopic (exact) mass is 634 g/mol. The molecule has 2 aliphatic rings. The number of nitrogens with zero attached hydrogens (tertiary/aromatic N) is 2. The molecule has 6 rings (SSSR count). The van der Waals surface area contributed by atoms with Gasteiger partial charge in [-0.25, -0.2) is 9.59 Å². The Hall–Kier alpha value is -3.68. The summed E-state index contributed by atoms with van der Waals surface area (Å²) < 4.78 is 0. The Bertz CT molecular complexity index is 1580. The van der Waals surface area contributed by atoms with Crippen molar-refractivity contribution in [3.63, 3.8) is 0 Å². The summed E-state index contributed by atoms with van der Waals surface area (Å²) in [6, 6.07) is 15.8. The van der Waals surface area contributed by atoms with Gasteiger partial charge in [-0.2, -0.15) is 0 Å². The van der Waals surface area contributed by atoms with Crippen LogP contribution in [0.3, 0.4) is 0 Å². The molecule has 4 heterocycles. The molecule has 0 fully saturated rings. The molecule has 10 heteroatoms. The van der Waals surface area contributed by atoms with Gasteiger partial charge in [-0.05, 0) is 63.1 Å². The Morgan fingerprint density at radius 2 is 1.00 bits per heavy atom. The molecule has 0 bridgehead atoms. The molecule has 4 N–H and O–H groups in total. The number of carbonyl (C=O) groups is 2. The third-order valence-electron chi connectivity index (χ3n) is 6.92. The van der Waals surface area contributed by atoms with Crippen molar-refractivity contribution in [3.05, 3.63) is 83.2 Å². The third-order valence-corrected chi connectivity index (χ3v) is 6.92. The van der Waals surface area contributed by atoms with Crippen molar-refractivity contribution >= 4 is 57.3 Å². The molecule has 40 heavy (non-hydrogen) atoms. The summed E-state index contributed by atoms with van der Waals surface area (Å²) in [6.45, 7) is 7.13. The normalized spacial score (nSPS) is 19.9. The van der Waals surface area contributed by atoms with E-state index < -0.39 is 23.0 Å². The number of aryl methyl sites for hydroxylation is 2. The minimum atomic E-state index is -1.09. The number of aromatic nitrogens is 2. The first-order chi connectivity index (χ1) is 18.0. The number of aliphatic carboxylic acids is 2.